The summed E-state index contributed by atoms with van der Waals surface area (Å²) in [5.74, 6) is -0.837. The summed E-state index contributed by atoms with van der Waals surface area (Å²) >= 11 is 3.34. The number of rotatable bonds is 2. The summed E-state index contributed by atoms with van der Waals surface area (Å²) in [7, 11) is 0. The Labute approximate surface area is 107 Å². The third kappa shape index (κ3) is 2.39. The van der Waals surface area contributed by atoms with Crippen molar-refractivity contribution >= 4 is 33.3 Å². The third-order valence-electron chi connectivity index (χ3n) is 2.72. The quantitative estimate of drug-likeness (QED) is 0.622. The highest BCUT2D eigenvalue weighted by molar-refractivity contribution is 9.09. The summed E-state index contributed by atoms with van der Waals surface area (Å²) in [5.41, 5.74) is 0.551. The zero-order valence-electron chi connectivity index (χ0n) is 9.24. The van der Waals surface area contributed by atoms with Crippen LogP contribution in [0.5, 0.6) is 0 Å². The Balaban J connectivity index is 2.34. The Hall–Kier alpha value is -1.23. The van der Waals surface area contributed by atoms with Gasteiger partial charge < -0.3 is 4.90 Å². The highest BCUT2D eigenvalue weighted by Gasteiger charge is 2.30. The Bertz CT molecular complexity index is 489. The molecule has 1 aromatic rings. The van der Waals surface area contributed by atoms with E-state index in [1.54, 1.807) is 0 Å². The smallest absolute Gasteiger partial charge is 0.228 e. The first-order chi connectivity index (χ1) is 7.99. The molecule has 1 aromatic carbocycles. The molecule has 5 heteroatoms. The maximum atomic E-state index is 13.8. The second-order valence-electron chi connectivity index (χ2n) is 4.03. The fourth-order valence-electron chi connectivity index (χ4n) is 1.84. The molecule has 0 aliphatic carbocycles. The van der Waals surface area contributed by atoms with Crippen molar-refractivity contribution in [2.45, 2.75) is 18.2 Å². The lowest BCUT2D eigenvalue weighted by Crippen LogP contribution is -2.25. The number of amides is 1. The van der Waals surface area contributed by atoms with E-state index in [0.29, 0.717) is 18.5 Å². The Morgan fingerprint density at radius 3 is 2.71 bits per heavy atom. The zero-order valence-corrected chi connectivity index (χ0v) is 10.8. The van der Waals surface area contributed by atoms with Gasteiger partial charge >= 0.3 is 0 Å². The van der Waals surface area contributed by atoms with Gasteiger partial charge in [-0.25, -0.2) is 4.39 Å². The first-order valence-electron chi connectivity index (χ1n) is 5.24. The summed E-state index contributed by atoms with van der Waals surface area (Å²) in [6.45, 7) is 1.83. The number of anilines is 1. The molecule has 2 rings (SSSR count). The van der Waals surface area contributed by atoms with Crippen LogP contribution < -0.4 is 4.90 Å². The highest BCUT2D eigenvalue weighted by Crippen LogP contribution is 2.28. The second-order valence-corrected chi connectivity index (χ2v) is 5.32. The van der Waals surface area contributed by atoms with Gasteiger partial charge in [0.25, 0.3) is 0 Å². The second kappa shape index (κ2) is 4.56. The number of carbonyl (C=O) groups excluding carboxylic acids is 2. The number of halogens is 2. The summed E-state index contributed by atoms with van der Waals surface area (Å²) in [4.78, 5) is 24.2. The van der Waals surface area contributed by atoms with Crippen molar-refractivity contribution in [2.24, 2.45) is 0 Å². The topological polar surface area (TPSA) is 37.4 Å². The molecule has 0 radical (unpaired) electrons. The maximum Gasteiger partial charge on any atom is 0.228 e. The standard InChI is InChI=1S/C12H11BrFNO2/c1-7(16)8-2-3-11(10(14)4-8)15-6-9(13)5-12(15)17/h2-4,9H,5-6H2,1H3. The number of carbonyl (C=O) groups is 2. The molecule has 1 heterocycles. The molecule has 0 spiro atoms. The van der Waals surface area contributed by atoms with Gasteiger partial charge in [0.15, 0.2) is 5.78 Å². The number of Topliss-reactive ketones (excluding diaryl/α,β-unsaturated/α-hetero) is 1. The van der Waals surface area contributed by atoms with Gasteiger partial charge in [0.2, 0.25) is 5.91 Å². The van der Waals surface area contributed by atoms with E-state index in [4.69, 9.17) is 0 Å². The van der Waals surface area contributed by atoms with E-state index in [-0.39, 0.29) is 22.2 Å². The van der Waals surface area contributed by atoms with Gasteiger partial charge in [-0.1, -0.05) is 15.9 Å². The van der Waals surface area contributed by atoms with Gasteiger partial charge in [0.05, 0.1) is 5.69 Å². The molecule has 0 aromatic heterocycles. The minimum Gasteiger partial charge on any atom is -0.308 e. The lowest BCUT2D eigenvalue weighted by atomic mass is 10.1. The Morgan fingerprint density at radius 2 is 2.24 bits per heavy atom. The maximum absolute atomic E-state index is 13.8. The van der Waals surface area contributed by atoms with E-state index >= 15 is 0 Å². The van der Waals surface area contributed by atoms with Crippen LogP contribution in [0.2, 0.25) is 0 Å². The minimum atomic E-state index is -0.535. The number of nitrogens with zero attached hydrogens (tertiary/aromatic N) is 1. The van der Waals surface area contributed by atoms with Crippen LogP contribution in [0, 0.1) is 5.82 Å². The van der Waals surface area contributed by atoms with E-state index in [0.717, 1.165) is 0 Å². The first kappa shape index (κ1) is 12.2. The molecular formula is C12H11BrFNO2. The number of alkyl halides is 1. The van der Waals surface area contributed by atoms with E-state index in [2.05, 4.69) is 15.9 Å². The van der Waals surface area contributed by atoms with Gasteiger partial charge in [-0.3, -0.25) is 9.59 Å². The van der Waals surface area contributed by atoms with E-state index in [1.165, 1.54) is 30.0 Å². The van der Waals surface area contributed by atoms with Crippen LogP contribution in [0.25, 0.3) is 0 Å². The van der Waals surface area contributed by atoms with E-state index in [1.807, 2.05) is 0 Å². The van der Waals surface area contributed by atoms with Crippen LogP contribution in [0.1, 0.15) is 23.7 Å². The molecule has 90 valence electrons. The average Bonchev–Trinajstić information content (AvgIpc) is 2.57. The van der Waals surface area contributed by atoms with Gasteiger partial charge in [-0.2, -0.15) is 0 Å². The molecule has 1 saturated heterocycles. The molecule has 3 nitrogen and oxygen atoms in total. The van der Waals surface area contributed by atoms with Crippen molar-refractivity contribution in [3.8, 4) is 0 Å². The monoisotopic (exact) mass is 299 g/mol. The first-order valence-corrected chi connectivity index (χ1v) is 6.15. The van der Waals surface area contributed by atoms with E-state index < -0.39 is 5.82 Å². The summed E-state index contributed by atoms with van der Waals surface area (Å²) in [5, 5.41) is 0. The summed E-state index contributed by atoms with van der Waals surface area (Å²) < 4.78 is 13.8. The van der Waals surface area contributed by atoms with Crippen molar-refractivity contribution in [3.05, 3.63) is 29.6 Å². The largest absolute Gasteiger partial charge is 0.308 e. The number of hydrogen-bond acceptors (Lipinski definition) is 2. The fourth-order valence-corrected chi connectivity index (χ4v) is 2.41. The van der Waals surface area contributed by atoms with Crippen molar-refractivity contribution < 1.29 is 14.0 Å². The molecule has 1 aliphatic heterocycles. The van der Waals surface area contributed by atoms with Crippen LogP contribution >= 0.6 is 15.9 Å². The number of benzene rings is 1. The fraction of sp³-hybridized carbons (Fsp3) is 0.333. The highest BCUT2D eigenvalue weighted by atomic mass is 79.9. The van der Waals surface area contributed by atoms with Crippen molar-refractivity contribution in [1.82, 2.24) is 0 Å². The molecule has 0 saturated carbocycles. The van der Waals surface area contributed by atoms with Crippen LogP contribution in [-0.4, -0.2) is 23.1 Å². The molecule has 1 aliphatic rings. The number of ketones is 1. The van der Waals surface area contributed by atoms with Crippen LogP contribution in [0.4, 0.5) is 10.1 Å². The third-order valence-corrected chi connectivity index (χ3v) is 3.34. The van der Waals surface area contributed by atoms with Gasteiger partial charge in [0, 0.05) is 23.4 Å². The lowest BCUT2D eigenvalue weighted by molar-refractivity contribution is -0.117. The molecule has 1 unspecified atom stereocenters. The SMILES string of the molecule is CC(=O)c1ccc(N2CC(Br)CC2=O)c(F)c1. The molecule has 1 atom stereocenters. The summed E-state index contributed by atoms with van der Waals surface area (Å²) in [6.07, 6.45) is 0.369. The van der Waals surface area contributed by atoms with Crippen LogP contribution in [-0.2, 0) is 4.79 Å². The molecule has 0 N–H and O–H groups in total. The van der Waals surface area contributed by atoms with E-state index in [9.17, 15) is 14.0 Å². The predicted octanol–water partition coefficient (Wildman–Crippen LogP) is 2.53. The predicted molar refractivity (Wildman–Crippen MR) is 66.1 cm³/mol. The lowest BCUT2D eigenvalue weighted by Gasteiger charge is -2.17. The Morgan fingerprint density at radius 1 is 1.53 bits per heavy atom. The normalized spacial score (nSPS) is 19.8. The molecule has 17 heavy (non-hydrogen) atoms. The number of hydrogen-bond donors (Lipinski definition) is 0. The minimum absolute atomic E-state index is 0.0573. The Kier molecular flexibility index (Phi) is 3.28. The molecule has 0 bridgehead atoms. The van der Waals surface area contributed by atoms with Crippen LogP contribution in [0.15, 0.2) is 18.2 Å². The van der Waals surface area contributed by atoms with Gasteiger partial charge in [-0.05, 0) is 25.1 Å². The van der Waals surface area contributed by atoms with Crippen molar-refractivity contribution in [3.63, 3.8) is 0 Å². The average molecular weight is 300 g/mol. The molecular weight excluding hydrogens is 289 g/mol. The van der Waals surface area contributed by atoms with Gasteiger partial charge in [-0.15, -0.1) is 0 Å². The molecule has 1 fully saturated rings. The van der Waals surface area contributed by atoms with Crippen molar-refractivity contribution in [1.29, 1.82) is 0 Å². The zero-order chi connectivity index (χ0) is 12.6. The summed E-state index contributed by atoms with van der Waals surface area (Å²) in [6, 6.07) is 4.19. The van der Waals surface area contributed by atoms with Crippen LogP contribution in [0.3, 0.4) is 0 Å². The molecule has 1 amide bonds. The van der Waals surface area contributed by atoms with Gasteiger partial charge in [0.1, 0.15) is 5.82 Å². The van der Waals surface area contributed by atoms with Crippen molar-refractivity contribution in [2.75, 3.05) is 11.4 Å².